The van der Waals surface area contributed by atoms with E-state index in [4.69, 9.17) is 19.9 Å². The average Bonchev–Trinajstić information content (AvgIpc) is 1.64. The number of hydrogen-bond acceptors (Lipinski definition) is 5. The predicted molar refractivity (Wildman–Crippen MR) is 414 cm³/mol. The van der Waals surface area contributed by atoms with Crippen LogP contribution >= 0.6 is 0 Å². The molecule has 2 amide bonds. The van der Waals surface area contributed by atoms with Crippen molar-refractivity contribution in [2.75, 3.05) is 10.6 Å². The second kappa shape index (κ2) is 25.1. The molecule has 0 fully saturated rings. The number of hydrogen-bond donors (Lipinski definition) is 6. The molecule has 16 bridgehead atoms. The van der Waals surface area contributed by atoms with Crippen molar-refractivity contribution in [3.63, 3.8) is 0 Å². The number of aromatic amines is 4. The Morgan fingerprint density at radius 3 is 0.610 bits per heavy atom. The molecule has 4 aliphatic rings. The van der Waals surface area contributed by atoms with E-state index < -0.39 is 6.03 Å². The summed E-state index contributed by atoms with van der Waals surface area (Å²) in [5, 5.41) is 6.69. The molecule has 6 N–H and O–H groups in total. The number of benzene rings is 8. The lowest BCUT2D eigenvalue weighted by atomic mass is 10.0. The third-order valence-electron chi connectivity index (χ3n) is 18.8. The van der Waals surface area contributed by atoms with E-state index in [9.17, 15) is 0 Å². The molecule has 14 aromatic rings. The molecule has 11 heteroatoms. The summed E-state index contributed by atoms with van der Waals surface area (Å²) in [6.07, 6.45) is 16.8. The van der Waals surface area contributed by atoms with Crippen LogP contribution in [0.2, 0.25) is 0 Å². The molecular formula is C89H60N10O. The van der Waals surface area contributed by atoms with E-state index in [2.05, 4.69) is 273 Å². The first-order valence-corrected chi connectivity index (χ1v) is 33.4. The van der Waals surface area contributed by atoms with Gasteiger partial charge < -0.3 is 30.6 Å². The number of nitrogens with zero attached hydrogens (tertiary/aromatic N) is 4. The van der Waals surface area contributed by atoms with Gasteiger partial charge in [0, 0.05) is 99.8 Å². The normalized spacial score (nSPS) is 12.1. The fourth-order valence-electron chi connectivity index (χ4n) is 14.3. The van der Waals surface area contributed by atoms with Gasteiger partial charge in [-0.15, -0.1) is 0 Å². The Morgan fingerprint density at radius 2 is 0.390 bits per heavy atom. The molecule has 0 spiro atoms. The van der Waals surface area contributed by atoms with Crippen molar-refractivity contribution in [3.05, 3.63) is 325 Å². The number of H-pyrrole nitrogens is 4. The van der Waals surface area contributed by atoms with Crippen molar-refractivity contribution in [2.24, 2.45) is 0 Å². The van der Waals surface area contributed by atoms with Gasteiger partial charge in [0.05, 0.1) is 56.9 Å². The van der Waals surface area contributed by atoms with Crippen LogP contribution in [0.25, 0.3) is 182 Å². The molecule has 6 aromatic heterocycles. The largest absolute Gasteiger partial charge is 0.354 e. The number of rotatable bonds is 10. The van der Waals surface area contributed by atoms with E-state index in [1.165, 1.54) is 0 Å². The Balaban J connectivity index is 0.811. The predicted octanol–water partition coefficient (Wildman–Crippen LogP) is 22.6. The third-order valence-corrected chi connectivity index (χ3v) is 18.8. The molecule has 100 heavy (non-hydrogen) atoms. The fraction of sp³-hybridized carbons (Fsp3) is 0. The van der Waals surface area contributed by atoms with Gasteiger partial charge in [-0.05, 0) is 143 Å². The van der Waals surface area contributed by atoms with Crippen molar-refractivity contribution < 1.29 is 4.79 Å². The number of urea groups is 1. The highest BCUT2D eigenvalue weighted by Gasteiger charge is 2.24. The van der Waals surface area contributed by atoms with Crippen LogP contribution in [0.3, 0.4) is 0 Å². The molecule has 11 nitrogen and oxygen atoms in total. The summed E-state index contributed by atoms with van der Waals surface area (Å²) in [7, 11) is 0. The molecule has 0 saturated carbocycles. The van der Waals surface area contributed by atoms with Crippen LogP contribution < -0.4 is 10.6 Å². The number of fused-ring (bicyclic) bond motifs is 16. The minimum atomic E-state index is -0.451. The Hall–Kier alpha value is -13.8. The molecule has 0 unspecified atom stereocenters. The van der Waals surface area contributed by atoms with Crippen molar-refractivity contribution in [2.45, 2.75) is 0 Å². The summed E-state index contributed by atoms with van der Waals surface area (Å²) in [5.74, 6) is 0. The zero-order chi connectivity index (χ0) is 66.5. The Morgan fingerprint density at radius 1 is 0.210 bits per heavy atom. The Kier molecular flexibility index (Phi) is 14.8. The highest BCUT2D eigenvalue weighted by molar-refractivity contribution is 6.09. The van der Waals surface area contributed by atoms with Crippen molar-refractivity contribution in [1.29, 1.82) is 0 Å². The smallest absolute Gasteiger partial charge is 0.323 e. The van der Waals surface area contributed by atoms with E-state index in [1.54, 1.807) is 0 Å². The van der Waals surface area contributed by atoms with Gasteiger partial charge in [-0.25, -0.2) is 24.7 Å². The standard InChI is InChI=1S/C89H60N10O/c100-89(98-63-37-21-19-35-61(63)87-77-51-47-73(94-77)83(57-27-11-3-12-28-57)69-43-39-65(90-69)81(55-23-7-1-8-24-55)66-40-44-70(91-66)84(58-29-13-4-14-30-58)74-48-52-78(87)95-74)99-64-38-22-20-36-62(64)88-79-53-49-75(96-79)85(59-31-15-5-16-32-59)71-45-41-67(92-71)82(56-25-9-2-10-26-56)68-42-46-72(93-68)86(60-33-17-6-18-34-60)76-50-54-80(88)97-76/h1-54,90,92,95,97H,(H2,98,99,100). The number of amides is 2. The lowest BCUT2D eigenvalue weighted by Gasteiger charge is -2.15. The Labute approximate surface area is 575 Å². The van der Waals surface area contributed by atoms with Gasteiger partial charge >= 0.3 is 6.03 Å². The van der Waals surface area contributed by atoms with Crippen LogP contribution in [0, 0.1) is 0 Å². The summed E-state index contributed by atoms with van der Waals surface area (Å²) < 4.78 is 0. The van der Waals surface area contributed by atoms with Gasteiger partial charge in [-0.3, -0.25) is 0 Å². The van der Waals surface area contributed by atoms with Crippen LogP contribution in [-0.2, 0) is 0 Å². The van der Waals surface area contributed by atoms with E-state index in [0.717, 1.165) is 167 Å². The highest BCUT2D eigenvalue weighted by atomic mass is 16.2. The quantitative estimate of drug-likeness (QED) is 0.0804. The molecule has 0 saturated heterocycles. The topological polar surface area (TPSA) is 156 Å². The molecule has 0 aliphatic carbocycles. The van der Waals surface area contributed by atoms with Crippen molar-refractivity contribution in [1.82, 2.24) is 39.9 Å². The van der Waals surface area contributed by atoms with E-state index in [-0.39, 0.29) is 0 Å². The van der Waals surface area contributed by atoms with Gasteiger partial charge in [0.25, 0.3) is 0 Å². The lowest BCUT2D eigenvalue weighted by molar-refractivity contribution is 0.262. The molecule has 4 aliphatic heterocycles. The maximum Gasteiger partial charge on any atom is 0.323 e. The average molecular weight is 1290 g/mol. The van der Waals surface area contributed by atoms with E-state index in [1.807, 2.05) is 84.9 Å². The maximum atomic E-state index is 15.4. The molecule has 8 aromatic carbocycles. The molecule has 0 radical (unpaired) electrons. The van der Waals surface area contributed by atoms with Gasteiger partial charge in [0.15, 0.2) is 0 Å². The SMILES string of the molecule is O=C(Nc1ccccc1-c1c2nc(c(-c3ccccc3)c3ccc([nH]3)c(-c3ccccc3)c3nc(c(-c4ccccc4)c4ccc1[nH]4)C=C3)C=C2)Nc1ccccc1-c1c2nc(c(-c3ccccc3)c3ccc([nH]3)c(-c3ccccc3)c3nc(c(-c4ccccc4)c4ccc1[nH]4)C=C3)C=C2. The maximum absolute atomic E-state index is 15.4. The van der Waals surface area contributed by atoms with E-state index in [0.29, 0.717) is 22.8 Å². The molecule has 0 atom stereocenters. The van der Waals surface area contributed by atoms with Crippen molar-refractivity contribution >= 4 is 110 Å². The van der Waals surface area contributed by atoms with Crippen molar-refractivity contribution in [3.8, 4) is 89.0 Å². The second-order valence-corrected chi connectivity index (χ2v) is 24.9. The zero-order valence-corrected chi connectivity index (χ0v) is 53.9. The number of aromatic nitrogens is 8. The number of nitrogens with one attached hydrogen (secondary N) is 6. The molecule has 18 rings (SSSR count). The summed E-state index contributed by atoms with van der Waals surface area (Å²) in [6.45, 7) is 0. The lowest BCUT2D eigenvalue weighted by Crippen LogP contribution is -2.20. The van der Waals surface area contributed by atoms with Crippen LogP contribution in [0.15, 0.2) is 279 Å². The minimum Gasteiger partial charge on any atom is -0.354 e. The monoisotopic (exact) mass is 1280 g/mol. The van der Waals surface area contributed by atoms with E-state index >= 15 is 4.79 Å². The number of para-hydroxylation sites is 2. The van der Waals surface area contributed by atoms with Crippen LogP contribution in [0.4, 0.5) is 16.2 Å². The third kappa shape index (κ3) is 10.8. The number of anilines is 2. The van der Waals surface area contributed by atoms with Crippen LogP contribution in [-0.4, -0.2) is 45.9 Å². The summed E-state index contributed by atoms with van der Waals surface area (Å²) >= 11 is 0. The first-order chi connectivity index (χ1) is 49.5. The van der Waals surface area contributed by atoms with Gasteiger partial charge in [0.1, 0.15) is 0 Å². The first kappa shape index (κ1) is 58.8. The molecular weight excluding hydrogens is 1230 g/mol. The Bertz CT molecular complexity index is 5630. The summed E-state index contributed by atoms with van der Waals surface area (Å²) in [6, 6.07) is 94.8. The van der Waals surface area contributed by atoms with Crippen LogP contribution in [0.1, 0.15) is 45.6 Å². The van der Waals surface area contributed by atoms with Crippen LogP contribution in [0.5, 0.6) is 0 Å². The number of carbonyl (C=O) groups excluding carboxylic acids is 1. The highest BCUT2D eigenvalue weighted by Crippen LogP contribution is 2.44. The van der Waals surface area contributed by atoms with Gasteiger partial charge in [0.2, 0.25) is 0 Å². The van der Waals surface area contributed by atoms with Gasteiger partial charge in [-0.2, -0.15) is 0 Å². The molecule has 472 valence electrons. The first-order valence-electron chi connectivity index (χ1n) is 33.4. The minimum absolute atomic E-state index is 0.451. The van der Waals surface area contributed by atoms with Gasteiger partial charge in [-0.1, -0.05) is 218 Å². The fourth-order valence-corrected chi connectivity index (χ4v) is 14.3. The zero-order valence-electron chi connectivity index (χ0n) is 53.9. The number of carbonyl (C=O) groups is 1. The second-order valence-electron chi connectivity index (χ2n) is 24.9. The molecule has 10 heterocycles. The summed E-state index contributed by atoms with van der Waals surface area (Å²) in [5.41, 5.74) is 29.1. The summed E-state index contributed by atoms with van der Waals surface area (Å²) in [4.78, 5) is 53.0.